The van der Waals surface area contributed by atoms with Crippen LogP contribution in [0, 0.1) is 0 Å². The number of nitrogens with one attached hydrogen (secondary N) is 1. The lowest BCUT2D eigenvalue weighted by Gasteiger charge is -2.13. The molecule has 2 aliphatic rings. The number of aromatic nitrogens is 4. The fraction of sp³-hybridized carbons (Fsp3) is 0.368. The first kappa shape index (κ1) is 15.3. The van der Waals surface area contributed by atoms with E-state index in [-0.39, 0.29) is 11.9 Å². The Labute approximate surface area is 150 Å². The van der Waals surface area contributed by atoms with Crippen molar-refractivity contribution in [1.82, 2.24) is 25.2 Å². The molecule has 1 aromatic carbocycles. The second kappa shape index (κ2) is 5.79. The quantitative estimate of drug-likeness (QED) is 0.783. The number of aryl methyl sites for hydroxylation is 2. The molecule has 2 aliphatic carbocycles. The fourth-order valence-electron chi connectivity index (χ4n) is 3.54. The summed E-state index contributed by atoms with van der Waals surface area (Å²) in [4.78, 5) is 16.9. The standard InChI is InChI=1S/C19H19N5O2/c1-24-10-14(9-20-24)18(25)21-16-7-5-12-8-13(4-6-15(12)16)17-22-19(26-23-17)11-2-3-11/h4,6,8-11,16H,2-3,5,7H2,1H3,(H,21,25)/t16-/m1/s1. The van der Waals surface area contributed by atoms with Gasteiger partial charge in [0.25, 0.3) is 5.91 Å². The highest BCUT2D eigenvalue weighted by atomic mass is 16.5. The fourth-order valence-corrected chi connectivity index (χ4v) is 3.54. The average Bonchev–Trinajstić information content (AvgIpc) is 3.06. The van der Waals surface area contributed by atoms with Gasteiger partial charge >= 0.3 is 0 Å². The lowest BCUT2D eigenvalue weighted by Crippen LogP contribution is -2.26. The van der Waals surface area contributed by atoms with Crippen LogP contribution in [0.15, 0.2) is 35.1 Å². The minimum atomic E-state index is -0.0905. The second-order valence-electron chi connectivity index (χ2n) is 7.11. The van der Waals surface area contributed by atoms with Crippen LogP contribution < -0.4 is 5.32 Å². The Bertz CT molecular complexity index is 985. The molecule has 2 aromatic heterocycles. The molecule has 0 aliphatic heterocycles. The first-order valence-electron chi connectivity index (χ1n) is 8.93. The van der Waals surface area contributed by atoms with Gasteiger partial charge in [0.05, 0.1) is 17.8 Å². The number of rotatable bonds is 4. The van der Waals surface area contributed by atoms with E-state index in [0.29, 0.717) is 17.3 Å². The van der Waals surface area contributed by atoms with Crippen LogP contribution in [0.4, 0.5) is 0 Å². The molecule has 0 saturated heterocycles. The van der Waals surface area contributed by atoms with Gasteiger partial charge in [-0.3, -0.25) is 9.48 Å². The smallest absolute Gasteiger partial charge is 0.254 e. The molecule has 1 saturated carbocycles. The normalized spacial score (nSPS) is 18.7. The number of nitrogens with zero attached hydrogens (tertiary/aromatic N) is 4. The van der Waals surface area contributed by atoms with Crippen LogP contribution in [0.2, 0.25) is 0 Å². The molecule has 0 spiro atoms. The Morgan fingerprint density at radius 3 is 2.96 bits per heavy atom. The predicted molar refractivity (Wildman–Crippen MR) is 93.4 cm³/mol. The van der Waals surface area contributed by atoms with Gasteiger partial charge in [0.2, 0.25) is 11.7 Å². The molecule has 5 rings (SSSR count). The Hall–Kier alpha value is -2.96. The van der Waals surface area contributed by atoms with Crippen molar-refractivity contribution >= 4 is 5.91 Å². The van der Waals surface area contributed by atoms with Gasteiger partial charge in [-0.25, -0.2) is 0 Å². The van der Waals surface area contributed by atoms with E-state index in [1.807, 2.05) is 6.07 Å². The topological polar surface area (TPSA) is 85.8 Å². The zero-order valence-corrected chi connectivity index (χ0v) is 14.5. The molecule has 1 amide bonds. The zero-order valence-electron chi connectivity index (χ0n) is 14.5. The van der Waals surface area contributed by atoms with Crippen LogP contribution in [0.3, 0.4) is 0 Å². The highest BCUT2D eigenvalue weighted by Crippen LogP contribution is 2.40. The highest BCUT2D eigenvalue weighted by molar-refractivity contribution is 5.94. The summed E-state index contributed by atoms with van der Waals surface area (Å²) < 4.78 is 6.99. The predicted octanol–water partition coefficient (Wildman–Crippen LogP) is 2.76. The van der Waals surface area contributed by atoms with Crippen molar-refractivity contribution in [2.75, 3.05) is 0 Å². The molecule has 132 valence electrons. The van der Waals surface area contributed by atoms with Gasteiger partial charge in [0.15, 0.2) is 0 Å². The largest absolute Gasteiger partial charge is 0.345 e. The van der Waals surface area contributed by atoms with Gasteiger partial charge in [-0.1, -0.05) is 17.3 Å². The van der Waals surface area contributed by atoms with E-state index in [4.69, 9.17) is 4.52 Å². The Morgan fingerprint density at radius 2 is 2.19 bits per heavy atom. The first-order chi connectivity index (χ1) is 12.7. The minimum Gasteiger partial charge on any atom is -0.345 e. The maximum absolute atomic E-state index is 12.4. The van der Waals surface area contributed by atoms with Gasteiger partial charge in [0, 0.05) is 24.7 Å². The van der Waals surface area contributed by atoms with Crippen LogP contribution >= 0.6 is 0 Å². The molecule has 0 radical (unpaired) electrons. The van der Waals surface area contributed by atoms with E-state index in [2.05, 4.69) is 32.7 Å². The maximum atomic E-state index is 12.4. The van der Waals surface area contributed by atoms with Crippen LogP contribution in [0.1, 0.15) is 58.6 Å². The van der Waals surface area contributed by atoms with Crippen LogP contribution in [-0.4, -0.2) is 25.8 Å². The molecule has 1 N–H and O–H groups in total. The molecular formula is C19H19N5O2. The summed E-state index contributed by atoms with van der Waals surface area (Å²) in [7, 11) is 1.80. The van der Waals surface area contributed by atoms with E-state index >= 15 is 0 Å². The van der Waals surface area contributed by atoms with Crippen molar-refractivity contribution in [1.29, 1.82) is 0 Å². The van der Waals surface area contributed by atoms with Gasteiger partial charge < -0.3 is 9.84 Å². The van der Waals surface area contributed by atoms with E-state index in [1.165, 1.54) is 5.56 Å². The molecule has 7 nitrogen and oxygen atoms in total. The molecule has 0 bridgehead atoms. The van der Waals surface area contributed by atoms with Gasteiger partial charge in [0.1, 0.15) is 0 Å². The molecule has 3 aromatic rings. The van der Waals surface area contributed by atoms with Crippen molar-refractivity contribution in [2.24, 2.45) is 7.05 Å². The Balaban J connectivity index is 1.35. The van der Waals surface area contributed by atoms with E-state index < -0.39 is 0 Å². The number of benzene rings is 1. The SMILES string of the molecule is Cn1cc(C(=O)N[C@@H]2CCc3cc(-c4noc(C5CC5)n4)ccc32)cn1. The summed E-state index contributed by atoms with van der Waals surface area (Å²) in [6, 6.07) is 6.22. The van der Waals surface area contributed by atoms with Crippen molar-refractivity contribution in [3.05, 3.63) is 53.2 Å². The third-order valence-corrected chi connectivity index (χ3v) is 5.12. The summed E-state index contributed by atoms with van der Waals surface area (Å²) in [5.41, 5.74) is 3.95. The zero-order chi connectivity index (χ0) is 17.7. The van der Waals surface area contributed by atoms with E-state index in [0.717, 1.165) is 42.7 Å². The molecule has 1 atom stereocenters. The summed E-state index contributed by atoms with van der Waals surface area (Å²) in [5, 5.41) is 11.3. The molecule has 0 unspecified atom stereocenters. The monoisotopic (exact) mass is 349 g/mol. The number of carbonyl (C=O) groups is 1. The third-order valence-electron chi connectivity index (χ3n) is 5.12. The lowest BCUT2D eigenvalue weighted by molar-refractivity contribution is 0.0936. The summed E-state index contributed by atoms with van der Waals surface area (Å²) in [6.07, 6.45) is 7.41. The summed E-state index contributed by atoms with van der Waals surface area (Å²) in [6.45, 7) is 0. The van der Waals surface area contributed by atoms with Crippen molar-refractivity contribution in [2.45, 2.75) is 37.6 Å². The van der Waals surface area contributed by atoms with Crippen molar-refractivity contribution in [3.8, 4) is 11.4 Å². The number of hydrogen-bond acceptors (Lipinski definition) is 5. The summed E-state index contributed by atoms with van der Waals surface area (Å²) >= 11 is 0. The number of carbonyl (C=O) groups excluding carboxylic acids is 1. The molecule has 26 heavy (non-hydrogen) atoms. The van der Waals surface area contributed by atoms with Crippen LogP contribution in [0.25, 0.3) is 11.4 Å². The van der Waals surface area contributed by atoms with Gasteiger partial charge in [-0.2, -0.15) is 10.1 Å². The number of amides is 1. The summed E-state index contributed by atoms with van der Waals surface area (Å²) in [5.74, 6) is 1.77. The average molecular weight is 349 g/mol. The van der Waals surface area contributed by atoms with Crippen LogP contribution in [0.5, 0.6) is 0 Å². The van der Waals surface area contributed by atoms with Gasteiger partial charge in [-0.15, -0.1) is 0 Å². The Kier molecular flexibility index (Phi) is 3.41. The third kappa shape index (κ3) is 2.69. The maximum Gasteiger partial charge on any atom is 0.254 e. The second-order valence-corrected chi connectivity index (χ2v) is 7.11. The van der Waals surface area contributed by atoms with Gasteiger partial charge in [-0.05, 0) is 42.9 Å². The lowest BCUT2D eigenvalue weighted by atomic mass is 10.0. The van der Waals surface area contributed by atoms with E-state index in [9.17, 15) is 4.79 Å². The molecular weight excluding hydrogens is 330 g/mol. The van der Waals surface area contributed by atoms with E-state index in [1.54, 1.807) is 24.1 Å². The highest BCUT2D eigenvalue weighted by Gasteiger charge is 2.30. The molecule has 1 fully saturated rings. The number of fused-ring (bicyclic) bond motifs is 1. The minimum absolute atomic E-state index is 0.0269. The van der Waals surface area contributed by atoms with Crippen molar-refractivity contribution < 1.29 is 9.32 Å². The van der Waals surface area contributed by atoms with Crippen LogP contribution in [-0.2, 0) is 13.5 Å². The number of hydrogen-bond donors (Lipinski definition) is 1. The first-order valence-corrected chi connectivity index (χ1v) is 8.93. The molecule has 7 heteroatoms. The molecule has 2 heterocycles. The Morgan fingerprint density at radius 1 is 1.31 bits per heavy atom. The van der Waals surface area contributed by atoms with Crippen molar-refractivity contribution in [3.63, 3.8) is 0 Å².